The smallest absolute Gasteiger partial charge is 0.330 e. The monoisotopic (exact) mass is 384 g/mol. The van der Waals surface area contributed by atoms with Crippen LogP contribution in [0.25, 0.3) is 0 Å². The summed E-state index contributed by atoms with van der Waals surface area (Å²) in [7, 11) is 0. The van der Waals surface area contributed by atoms with Gasteiger partial charge in [-0.25, -0.2) is 4.79 Å². The van der Waals surface area contributed by atoms with E-state index >= 15 is 0 Å². The van der Waals surface area contributed by atoms with Crippen molar-refractivity contribution in [2.75, 3.05) is 6.61 Å². The number of hydrogen-bond acceptors (Lipinski definition) is 2. The lowest BCUT2D eigenvalue weighted by atomic mass is 9.44. The highest BCUT2D eigenvalue weighted by atomic mass is 16.5. The Morgan fingerprint density at radius 3 is 2.54 bits per heavy atom. The van der Waals surface area contributed by atoms with Crippen molar-refractivity contribution in [2.24, 2.45) is 46.3 Å². The summed E-state index contributed by atoms with van der Waals surface area (Å²) < 4.78 is 5.25. The molecule has 7 atom stereocenters. The van der Waals surface area contributed by atoms with Gasteiger partial charge in [-0.3, -0.25) is 0 Å². The summed E-state index contributed by atoms with van der Waals surface area (Å²) in [5.74, 6) is 5.62. The van der Waals surface area contributed by atoms with Crippen molar-refractivity contribution in [1.82, 2.24) is 0 Å². The van der Waals surface area contributed by atoms with Gasteiger partial charge >= 0.3 is 5.97 Å². The third kappa shape index (κ3) is 2.83. The molecule has 156 valence electrons. The second kappa shape index (κ2) is 6.88. The van der Waals surface area contributed by atoms with Gasteiger partial charge in [0.1, 0.15) is 0 Å². The highest BCUT2D eigenvalue weighted by molar-refractivity contribution is 5.83. The molecule has 28 heavy (non-hydrogen) atoms. The maximum atomic E-state index is 12.1. The largest absolute Gasteiger partial charge is 0.463 e. The average Bonchev–Trinajstić information content (AvgIpc) is 3.47. The summed E-state index contributed by atoms with van der Waals surface area (Å²) in [6.07, 6.45) is 17.6. The number of allylic oxidation sites excluding steroid dienone is 1. The van der Waals surface area contributed by atoms with Crippen LogP contribution >= 0.6 is 0 Å². The number of ether oxygens (including phenoxy) is 1. The van der Waals surface area contributed by atoms with Crippen molar-refractivity contribution in [3.63, 3.8) is 0 Å². The lowest BCUT2D eigenvalue weighted by molar-refractivity contribution is -0.137. The summed E-state index contributed by atoms with van der Waals surface area (Å²) in [5.41, 5.74) is 2.38. The van der Waals surface area contributed by atoms with E-state index in [9.17, 15) is 4.79 Å². The molecule has 0 aromatic rings. The first-order valence-corrected chi connectivity index (χ1v) is 12.4. The summed E-state index contributed by atoms with van der Waals surface area (Å²) >= 11 is 0. The number of fused-ring (bicyclic) bond motifs is 5. The van der Waals surface area contributed by atoms with Gasteiger partial charge in [-0.1, -0.05) is 25.8 Å². The van der Waals surface area contributed by atoms with Crippen LogP contribution in [0.1, 0.15) is 91.4 Å². The molecule has 0 amide bonds. The van der Waals surface area contributed by atoms with Crippen LogP contribution in [0.2, 0.25) is 0 Å². The predicted octanol–water partition coefficient (Wildman–Crippen LogP) is 6.54. The Bertz CT molecular complexity index is 661. The van der Waals surface area contributed by atoms with Crippen LogP contribution in [0.3, 0.4) is 0 Å². The van der Waals surface area contributed by atoms with Gasteiger partial charge < -0.3 is 4.74 Å². The first-order chi connectivity index (χ1) is 13.5. The minimum atomic E-state index is -0.112. The number of carbonyl (C=O) groups excluding carboxylic acids is 1. The van der Waals surface area contributed by atoms with E-state index in [0.717, 1.165) is 47.3 Å². The van der Waals surface area contributed by atoms with Crippen molar-refractivity contribution in [3.05, 3.63) is 11.6 Å². The third-order valence-electron chi connectivity index (χ3n) is 10.2. The Kier molecular flexibility index (Phi) is 4.71. The molecule has 2 heteroatoms. The zero-order valence-corrected chi connectivity index (χ0v) is 18.3. The molecule has 5 saturated carbocycles. The molecule has 0 spiro atoms. The van der Waals surface area contributed by atoms with Crippen LogP contribution < -0.4 is 0 Å². The van der Waals surface area contributed by atoms with Crippen molar-refractivity contribution < 1.29 is 9.53 Å². The molecular weight excluding hydrogens is 344 g/mol. The first-order valence-electron chi connectivity index (χ1n) is 12.4. The van der Waals surface area contributed by atoms with Crippen LogP contribution in [0.15, 0.2) is 11.6 Å². The van der Waals surface area contributed by atoms with Crippen LogP contribution in [0, 0.1) is 46.3 Å². The van der Waals surface area contributed by atoms with Gasteiger partial charge in [-0.05, 0) is 117 Å². The number of hydrogen-bond donors (Lipinski definition) is 0. The van der Waals surface area contributed by atoms with Crippen molar-refractivity contribution >= 4 is 5.97 Å². The predicted molar refractivity (Wildman–Crippen MR) is 113 cm³/mol. The molecule has 0 radical (unpaired) electrons. The van der Waals surface area contributed by atoms with Crippen molar-refractivity contribution in [3.8, 4) is 0 Å². The van der Waals surface area contributed by atoms with Gasteiger partial charge in [0, 0.05) is 6.08 Å². The standard InChI is InChI=1S/C26H40O2/c1-4-28-24(27)15-19-8-10-22-20-12-14-26(18-6-7-18)16-17(2)5-9-23(26)21(20)11-13-25(19,22)3/h15,17-18,20-23H,4-14,16H2,1-3H3/b19-15+/t17-,20+,21?,22?,23+,25+,26+/m0/s1. The molecule has 5 aliphatic carbocycles. The maximum Gasteiger partial charge on any atom is 0.330 e. The highest BCUT2D eigenvalue weighted by Gasteiger charge is 2.61. The fraction of sp³-hybridized carbons (Fsp3) is 0.885. The van der Waals surface area contributed by atoms with Gasteiger partial charge in [-0.2, -0.15) is 0 Å². The Morgan fingerprint density at radius 2 is 1.79 bits per heavy atom. The topological polar surface area (TPSA) is 26.3 Å². The minimum absolute atomic E-state index is 0.112. The number of esters is 1. The Balaban J connectivity index is 1.40. The van der Waals surface area contributed by atoms with E-state index in [-0.39, 0.29) is 11.4 Å². The van der Waals surface area contributed by atoms with Gasteiger partial charge in [0.25, 0.3) is 0 Å². The van der Waals surface area contributed by atoms with Crippen LogP contribution in [-0.2, 0) is 9.53 Å². The second-order valence-electron chi connectivity index (χ2n) is 11.4. The fourth-order valence-electron chi connectivity index (χ4n) is 8.99. The highest BCUT2D eigenvalue weighted by Crippen LogP contribution is 2.70. The van der Waals surface area contributed by atoms with E-state index in [1.807, 2.05) is 13.0 Å². The molecule has 0 aliphatic heterocycles. The maximum absolute atomic E-state index is 12.1. The lowest BCUT2D eigenvalue weighted by Crippen LogP contribution is -2.53. The molecule has 5 fully saturated rings. The Hall–Kier alpha value is -0.790. The SMILES string of the molecule is CCOC(=O)/C=C1\CCC2[C@@H]3CC[C@]4(C5CC5)C[C@@H](C)CC[C@@H]4C3CC[C@]12C. The van der Waals surface area contributed by atoms with E-state index in [2.05, 4.69) is 13.8 Å². The second-order valence-corrected chi connectivity index (χ2v) is 11.4. The number of rotatable bonds is 3. The third-order valence-corrected chi connectivity index (χ3v) is 10.2. The first kappa shape index (κ1) is 19.2. The molecular formula is C26H40O2. The summed E-state index contributed by atoms with van der Waals surface area (Å²) in [6, 6.07) is 0. The van der Waals surface area contributed by atoms with E-state index in [0.29, 0.717) is 6.61 Å². The Morgan fingerprint density at radius 1 is 1.04 bits per heavy atom. The van der Waals surface area contributed by atoms with E-state index in [4.69, 9.17) is 4.74 Å². The molecule has 0 heterocycles. The molecule has 2 unspecified atom stereocenters. The van der Waals surface area contributed by atoms with Crippen molar-refractivity contribution in [2.45, 2.75) is 91.4 Å². The van der Waals surface area contributed by atoms with E-state index in [1.165, 1.54) is 69.8 Å². The van der Waals surface area contributed by atoms with E-state index in [1.54, 1.807) is 0 Å². The molecule has 5 rings (SSSR count). The molecule has 0 bridgehead atoms. The molecule has 0 aromatic heterocycles. The minimum Gasteiger partial charge on any atom is -0.463 e. The molecule has 0 aromatic carbocycles. The molecule has 0 saturated heterocycles. The quantitative estimate of drug-likeness (QED) is 0.407. The molecule has 5 aliphatic rings. The molecule has 0 N–H and O–H groups in total. The van der Waals surface area contributed by atoms with Gasteiger partial charge in [0.15, 0.2) is 0 Å². The van der Waals surface area contributed by atoms with Gasteiger partial charge in [-0.15, -0.1) is 0 Å². The summed E-state index contributed by atoms with van der Waals surface area (Å²) in [5, 5.41) is 0. The van der Waals surface area contributed by atoms with Gasteiger partial charge in [0.05, 0.1) is 6.61 Å². The van der Waals surface area contributed by atoms with Crippen LogP contribution in [0.5, 0.6) is 0 Å². The zero-order chi connectivity index (χ0) is 19.5. The van der Waals surface area contributed by atoms with Crippen molar-refractivity contribution in [1.29, 1.82) is 0 Å². The Labute approximate surface area is 171 Å². The van der Waals surface area contributed by atoms with Crippen LogP contribution in [0.4, 0.5) is 0 Å². The lowest BCUT2D eigenvalue weighted by Gasteiger charge is -2.60. The summed E-state index contributed by atoms with van der Waals surface area (Å²) in [4.78, 5) is 12.1. The normalized spacial score (nSPS) is 49.2. The van der Waals surface area contributed by atoms with Crippen LogP contribution in [-0.4, -0.2) is 12.6 Å². The average molecular weight is 385 g/mol. The zero-order valence-electron chi connectivity index (χ0n) is 18.3. The summed E-state index contributed by atoms with van der Waals surface area (Å²) in [6.45, 7) is 7.39. The fourth-order valence-corrected chi connectivity index (χ4v) is 8.99. The number of carbonyl (C=O) groups is 1. The van der Waals surface area contributed by atoms with E-state index < -0.39 is 0 Å². The molecule has 2 nitrogen and oxygen atoms in total. The van der Waals surface area contributed by atoms with Gasteiger partial charge in [0.2, 0.25) is 0 Å².